The number of nitrogens with two attached hydrogens (primary N) is 1. The zero-order valence-corrected chi connectivity index (χ0v) is 10.1. The Labute approximate surface area is 107 Å². The average Bonchev–Trinajstić information content (AvgIpc) is 2.23. The highest BCUT2D eigenvalue weighted by molar-refractivity contribution is 6.28. The maximum absolute atomic E-state index is 13.0. The number of halogens is 3. The van der Waals surface area contributed by atoms with Crippen LogP contribution < -0.4 is 11.1 Å². The number of nitrogens with zero attached hydrogens (tertiary/aromatic N) is 2. The van der Waals surface area contributed by atoms with Crippen molar-refractivity contribution in [2.24, 2.45) is 0 Å². The summed E-state index contributed by atoms with van der Waals surface area (Å²) in [6, 6.07) is 3.01. The van der Waals surface area contributed by atoms with Crippen LogP contribution in [0.25, 0.3) is 0 Å². The molecule has 0 aliphatic rings. The van der Waals surface area contributed by atoms with Gasteiger partial charge in [0.2, 0.25) is 5.28 Å². The maximum atomic E-state index is 13.0. The van der Waals surface area contributed by atoms with Crippen LogP contribution >= 0.6 is 11.6 Å². The van der Waals surface area contributed by atoms with Crippen molar-refractivity contribution < 1.29 is 8.78 Å². The minimum atomic E-state index is -0.701. The standard InChI is InChI=1S/C11H9ClF2N4/c1-5-9(15)10(18-11(12)16-5)17-8-3-6(13)2-7(14)4-8/h2-4H,15H2,1H3,(H,16,17,18). The third-order valence-corrected chi connectivity index (χ3v) is 2.40. The fourth-order valence-electron chi connectivity index (χ4n) is 1.41. The van der Waals surface area contributed by atoms with Crippen molar-refractivity contribution in [3.63, 3.8) is 0 Å². The predicted octanol–water partition coefficient (Wildman–Crippen LogP) is 3.04. The number of rotatable bonds is 2. The Morgan fingerprint density at radius 3 is 2.39 bits per heavy atom. The molecule has 4 nitrogen and oxygen atoms in total. The maximum Gasteiger partial charge on any atom is 0.224 e. The first-order valence-electron chi connectivity index (χ1n) is 4.98. The molecule has 1 aromatic carbocycles. The number of anilines is 3. The first-order valence-corrected chi connectivity index (χ1v) is 5.36. The number of hydrogen-bond donors (Lipinski definition) is 2. The van der Waals surface area contributed by atoms with E-state index in [1.165, 1.54) is 0 Å². The first kappa shape index (κ1) is 12.5. The van der Waals surface area contributed by atoms with Crippen LogP contribution in [0.3, 0.4) is 0 Å². The van der Waals surface area contributed by atoms with Gasteiger partial charge >= 0.3 is 0 Å². The topological polar surface area (TPSA) is 63.8 Å². The minimum absolute atomic E-state index is 0.000995. The van der Waals surface area contributed by atoms with Gasteiger partial charge in [-0.1, -0.05) is 0 Å². The zero-order valence-electron chi connectivity index (χ0n) is 9.34. The van der Waals surface area contributed by atoms with E-state index in [9.17, 15) is 8.78 Å². The Hall–Kier alpha value is -1.95. The number of aryl methyl sites for hydroxylation is 1. The van der Waals surface area contributed by atoms with E-state index in [1.807, 2.05) is 0 Å². The summed E-state index contributed by atoms with van der Waals surface area (Å²) >= 11 is 5.68. The summed E-state index contributed by atoms with van der Waals surface area (Å²) < 4.78 is 26.0. The molecular weight excluding hydrogens is 262 g/mol. The number of nitrogens with one attached hydrogen (secondary N) is 1. The van der Waals surface area contributed by atoms with Crippen LogP contribution in [-0.2, 0) is 0 Å². The van der Waals surface area contributed by atoms with Crippen LogP contribution in [0.2, 0.25) is 5.28 Å². The normalized spacial score (nSPS) is 10.4. The van der Waals surface area contributed by atoms with Gasteiger partial charge in [0.15, 0.2) is 5.82 Å². The Balaban J connectivity index is 2.39. The molecule has 0 saturated heterocycles. The summed E-state index contributed by atoms with van der Waals surface area (Å²) in [4.78, 5) is 7.71. The summed E-state index contributed by atoms with van der Waals surface area (Å²) in [7, 11) is 0. The third kappa shape index (κ3) is 2.65. The van der Waals surface area contributed by atoms with E-state index in [2.05, 4.69) is 15.3 Å². The molecule has 7 heteroatoms. The fourth-order valence-corrected chi connectivity index (χ4v) is 1.62. The molecule has 0 saturated carbocycles. The van der Waals surface area contributed by atoms with E-state index in [0.717, 1.165) is 18.2 Å². The van der Waals surface area contributed by atoms with Gasteiger partial charge < -0.3 is 11.1 Å². The molecule has 1 heterocycles. The van der Waals surface area contributed by atoms with E-state index in [0.29, 0.717) is 5.69 Å². The van der Waals surface area contributed by atoms with Gasteiger partial charge in [0, 0.05) is 11.8 Å². The third-order valence-electron chi connectivity index (χ3n) is 2.23. The van der Waals surface area contributed by atoms with E-state index in [-0.39, 0.29) is 22.5 Å². The molecule has 0 radical (unpaired) electrons. The van der Waals surface area contributed by atoms with Gasteiger partial charge in [-0.15, -0.1) is 0 Å². The molecule has 0 amide bonds. The van der Waals surface area contributed by atoms with Crippen molar-refractivity contribution in [2.45, 2.75) is 6.92 Å². The molecule has 0 spiro atoms. The van der Waals surface area contributed by atoms with Crippen molar-refractivity contribution in [1.29, 1.82) is 0 Å². The second kappa shape index (κ2) is 4.73. The lowest BCUT2D eigenvalue weighted by Gasteiger charge is -2.10. The van der Waals surface area contributed by atoms with Crippen molar-refractivity contribution in [3.05, 3.63) is 40.8 Å². The molecule has 2 rings (SSSR count). The Morgan fingerprint density at radius 1 is 1.17 bits per heavy atom. The van der Waals surface area contributed by atoms with Gasteiger partial charge in [0.25, 0.3) is 0 Å². The zero-order chi connectivity index (χ0) is 13.3. The molecule has 0 bridgehead atoms. The Kier molecular flexibility index (Phi) is 3.29. The Bertz CT molecular complexity index is 584. The Morgan fingerprint density at radius 2 is 1.78 bits per heavy atom. The van der Waals surface area contributed by atoms with Crippen molar-refractivity contribution >= 4 is 28.8 Å². The van der Waals surface area contributed by atoms with E-state index < -0.39 is 11.6 Å². The summed E-state index contributed by atoms with van der Waals surface area (Å²) in [6.45, 7) is 1.65. The van der Waals surface area contributed by atoms with Crippen LogP contribution in [0.5, 0.6) is 0 Å². The lowest BCUT2D eigenvalue weighted by Crippen LogP contribution is -2.04. The predicted molar refractivity (Wildman–Crippen MR) is 65.8 cm³/mol. The summed E-state index contributed by atoms with van der Waals surface area (Å²) in [5.41, 5.74) is 6.68. The monoisotopic (exact) mass is 270 g/mol. The van der Waals surface area contributed by atoms with Crippen LogP contribution in [0, 0.1) is 18.6 Å². The SMILES string of the molecule is Cc1nc(Cl)nc(Nc2cc(F)cc(F)c2)c1N. The van der Waals surface area contributed by atoms with Gasteiger partial charge in [-0.05, 0) is 30.7 Å². The number of nitrogen functional groups attached to an aromatic ring is 1. The minimum Gasteiger partial charge on any atom is -0.394 e. The molecule has 0 fully saturated rings. The van der Waals surface area contributed by atoms with Gasteiger partial charge in [-0.25, -0.2) is 13.8 Å². The van der Waals surface area contributed by atoms with Crippen LogP contribution in [0.4, 0.5) is 26.0 Å². The quantitative estimate of drug-likeness (QED) is 0.823. The fraction of sp³-hybridized carbons (Fsp3) is 0.0909. The molecule has 0 atom stereocenters. The first-order chi connectivity index (χ1) is 8.45. The van der Waals surface area contributed by atoms with Crippen LogP contribution in [-0.4, -0.2) is 9.97 Å². The number of benzene rings is 1. The summed E-state index contributed by atoms with van der Waals surface area (Å²) in [5, 5.41) is 2.70. The second-order valence-corrected chi connectivity index (χ2v) is 3.96. The summed E-state index contributed by atoms with van der Waals surface area (Å²) in [5.74, 6) is -1.20. The molecule has 3 N–H and O–H groups in total. The van der Waals surface area contributed by atoms with Crippen molar-refractivity contribution in [2.75, 3.05) is 11.1 Å². The molecule has 0 unspecified atom stereocenters. The van der Waals surface area contributed by atoms with Crippen molar-refractivity contribution in [3.8, 4) is 0 Å². The van der Waals surface area contributed by atoms with Crippen molar-refractivity contribution in [1.82, 2.24) is 9.97 Å². The van der Waals surface area contributed by atoms with E-state index in [4.69, 9.17) is 17.3 Å². The van der Waals surface area contributed by atoms with Gasteiger partial charge in [0.1, 0.15) is 11.6 Å². The molecular formula is C11H9ClF2N4. The molecule has 94 valence electrons. The summed E-state index contributed by atoms with van der Waals surface area (Å²) in [6.07, 6.45) is 0. The van der Waals surface area contributed by atoms with Gasteiger partial charge in [0.05, 0.1) is 11.4 Å². The van der Waals surface area contributed by atoms with E-state index in [1.54, 1.807) is 6.92 Å². The smallest absolute Gasteiger partial charge is 0.224 e. The molecule has 0 aliphatic heterocycles. The van der Waals surface area contributed by atoms with Gasteiger partial charge in [-0.2, -0.15) is 4.98 Å². The highest BCUT2D eigenvalue weighted by atomic mass is 35.5. The van der Waals surface area contributed by atoms with Crippen LogP contribution in [0.1, 0.15) is 5.69 Å². The lowest BCUT2D eigenvalue weighted by molar-refractivity contribution is 0.584. The molecule has 2 aromatic rings. The van der Waals surface area contributed by atoms with Gasteiger partial charge in [-0.3, -0.25) is 0 Å². The molecule has 1 aromatic heterocycles. The molecule has 0 aliphatic carbocycles. The largest absolute Gasteiger partial charge is 0.394 e. The number of aromatic nitrogens is 2. The van der Waals surface area contributed by atoms with E-state index >= 15 is 0 Å². The van der Waals surface area contributed by atoms with Crippen LogP contribution in [0.15, 0.2) is 18.2 Å². The molecule has 18 heavy (non-hydrogen) atoms. The second-order valence-electron chi connectivity index (χ2n) is 3.62. The highest BCUT2D eigenvalue weighted by Crippen LogP contribution is 2.25. The average molecular weight is 271 g/mol. The lowest BCUT2D eigenvalue weighted by atomic mass is 10.3. The number of hydrogen-bond acceptors (Lipinski definition) is 4. The highest BCUT2D eigenvalue weighted by Gasteiger charge is 2.09.